The van der Waals surface area contributed by atoms with Crippen molar-refractivity contribution in [2.24, 2.45) is 5.73 Å². The molecule has 18 heavy (non-hydrogen) atoms. The first kappa shape index (κ1) is 11.7. The van der Waals surface area contributed by atoms with Gasteiger partial charge in [-0.25, -0.2) is 0 Å². The number of rotatable bonds is 2. The number of aromatic nitrogens is 1. The van der Waals surface area contributed by atoms with E-state index in [0.29, 0.717) is 0 Å². The van der Waals surface area contributed by atoms with Gasteiger partial charge in [-0.15, -0.1) is 0 Å². The number of nitrogens with zero attached hydrogens (tertiary/aromatic N) is 1. The highest BCUT2D eigenvalue weighted by Crippen LogP contribution is 2.42. The number of pyridine rings is 1. The van der Waals surface area contributed by atoms with Crippen molar-refractivity contribution in [2.75, 3.05) is 6.54 Å². The Morgan fingerprint density at radius 1 is 1.22 bits per heavy atom. The Bertz CT molecular complexity index is 568. The van der Waals surface area contributed by atoms with Crippen molar-refractivity contribution in [2.45, 2.75) is 38.0 Å². The SMILES string of the molecule is Cc1ccc2c(C3(CN)CCCC3)ccnc2c1. The molecule has 0 saturated heterocycles. The summed E-state index contributed by atoms with van der Waals surface area (Å²) >= 11 is 0. The summed E-state index contributed by atoms with van der Waals surface area (Å²) in [6.07, 6.45) is 6.97. The first-order valence-electron chi connectivity index (χ1n) is 6.81. The molecule has 1 saturated carbocycles. The molecule has 0 amide bonds. The van der Waals surface area contributed by atoms with Crippen LogP contribution in [0.1, 0.15) is 36.8 Å². The van der Waals surface area contributed by atoms with E-state index < -0.39 is 0 Å². The van der Waals surface area contributed by atoms with Crippen LogP contribution in [0.25, 0.3) is 10.9 Å². The van der Waals surface area contributed by atoms with Crippen LogP contribution in [0.5, 0.6) is 0 Å². The molecule has 1 aliphatic rings. The Morgan fingerprint density at radius 3 is 2.72 bits per heavy atom. The molecule has 1 aliphatic carbocycles. The van der Waals surface area contributed by atoms with E-state index in [2.05, 4.69) is 36.2 Å². The number of fused-ring (bicyclic) bond motifs is 1. The minimum atomic E-state index is 0.191. The second-order valence-electron chi connectivity index (χ2n) is 5.57. The molecule has 2 nitrogen and oxygen atoms in total. The third-order valence-electron chi connectivity index (χ3n) is 4.42. The van der Waals surface area contributed by atoms with Gasteiger partial charge in [-0.3, -0.25) is 4.98 Å². The molecular formula is C16H20N2. The van der Waals surface area contributed by atoms with E-state index in [-0.39, 0.29) is 5.41 Å². The zero-order valence-electron chi connectivity index (χ0n) is 10.9. The summed E-state index contributed by atoms with van der Waals surface area (Å²) in [5.74, 6) is 0. The summed E-state index contributed by atoms with van der Waals surface area (Å²) < 4.78 is 0. The van der Waals surface area contributed by atoms with Gasteiger partial charge in [-0.2, -0.15) is 0 Å². The Morgan fingerprint density at radius 2 is 2.00 bits per heavy atom. The summed E-state index contributed by atoms with van der Waals surface area (Å²) in [6.45, 7) is 2.86. The van der Waals surface area contributed by atoms with Crippen LogP contribution in [0.2, 0.25) is 0 Å². The lowest BCUT2D eigenvalue weighted by Gasteiger charge is -2.29. The topological polar surface area (TPSA) is 38.9 Å². The summed E-state index contributed by atoms with van der Waals surface area (Å²) in [7, 11) is 0. The molecule has 2 aromatic rings. The number of aryl methyl sites for hydroxylation is 1. The first-order valence-corrected chi connectivity index (χ1v) is 6.81. The van der Waals surface area contributed by atoms with Gasteiger partial charge in [0.05, 0.1) is 5.52 Å². The average Bonchev–Trinajstić information content (AvgIpc) is 2.87. The highest BCUT2D eigenvalue weighted by molar-refractivity contribution is 5.83. The van der Waals surface area contributed by atoms with Crippen LogP contribution in [0.4, 0.5) is 0 Å². The van der Waals surface area contributed by atoms with Gasteiger partial charge < -0.3 is 5.73 Å². The standard InChI is InChI=1S/C16H20N2/c1-12-4-5-13-14(6-9-18-15(13)10-12)16(11-17)7-2-3-8-16/h4-6,9-10H,2-3,7-8,11,17H2,1H3. The maximum absolute atomic E-state index is 6.10. The predicted octanol–water partition coefficient (Wildman–Crippen LogP) is 3.31. The van der Waals surface area contributed by atoms with Crippen molar-refractivity contribution >= 4 is 10.9 Å². The Hall–Kier alpha value is -1.41. The van der Waals surface area contributed by atoms with E-state index in [1.807, 2.05) is 6.20 Å². The second-order valence-corrected chi connectivity index (χ2v) is 5.57. The Labute approximate surface area is 108 Å². The van der Waals surface area contributed by atoms with Crippen LogP contribution < -0.4 is 5.73 Å². The third-order valence-corrected chi connectivity index (χ3v) is 4.42. The van der Waals surface area contributed by atoms with Crippen LogP contribution >= 0.6 is 0 Å². The van der Waals surface area contributed by atoms with Gasteiger partial charge in [0, 0.05) is 23.5 Å². The number of hydrogen-bond acceptors (Lipinski definition) is 2. The first-order chi connectivity index (χ1) is 8.75. The molecule has 0 bridgehead atoms. The molecular weight excluding hydrogens is 220 g/mol. The highest BCUT2D eigenvalue weighted by Gasteiger charge is 2.35. The highest BCUT2D eigenvalue weighted by atomic mass is 14.7. The fraction of sp³-hybridized carbons (Fsp3) is 0.438. The number of benzene rings is 1. The van der Waals surface area contributed by atoms with Crippen LogP contribution in [0.3, 0.4) is 0 Å². The van der Waals surface area contributed by atoms with Gasteiger partial charge in [-0.1, -0.05) is 25.0 Å². The number of nitrogens with two attached hydrogens (primary N) is 1. The largest absolute Gasteiger partial charge is 0.330 e. The molecule has 1 heterocycles. The van der Waals surface area contributed by atoms with Gasteiger partial charge in [0.25, 0.3) is 0 Å². The molecule has 3 rings (SSSR count). The molecule has 1 aromatic carbocycles. The zero-order valence-corrected chi connectivity index (χ0v) is 10.9. The molecule has 0 aliphatic heterocycles. The van der Waals surface area contributed by atoms with Gasteiger partial charge in [0.2, 0.25) is 0 Å². The van der Waals surface area contributed by atoms with Crippen LogP contribution in [0, 0.1) is 6.92 Å². The Balaban J connectivity index is 2.22. The minimum absolute atomic E-state index is 0.191. The lowest BCUT2D eigenvalue weighted by molar-refractivity contribution is 0.456. The van der Waals surface area contributed by atoms with E-state index in [0.717, 1.165) is 12.1 Å². The molecule has 1 aromatic heterocycles. The van der Waals surface area contributed by atoms with Crippen LogP contribution in [-0.4, -0.2) is 11.5 Å². The number of hydrogen-bond donors (Lipinski definition) is 1. The molecule has 2 N–H and O–H groups in total. The van der Waals surface area contributed by atoms with Crippen molar-refractivity contribution < 1.29 is 0 Å². The minimum Gasteiger partial charge on any atom is -0.330 e. The molecule has 2 heteroatoms. The fourth-order valence-corrected chi connectivity index (χ4v) is 3.36. The predicted molar refractivity (Wildman–Crippen MR) is 75.7 cm³/mol. The van der Waals surface area contributed by atoms with Gasteiger partial charge in [0.15, 0.2) is 0 Å². The molecule has 0 radical (unpaired) electrons. The quantitative estimate of drug-likeness (QED) is 0.874. The van der Waals surface area contributed by atoms with Crippen LogP contribution in [-0.2, 0) is 5.41 Å². The van der Waals surface area contributed by atoms with Gasteiger partial charge in [-0.05, 0) is 43.0 Å². The summed E-state index contributed by atoms with van der Waals surface area (Å²) in [5.41, 5.74) is 10.1. The molecule has 0 unspecified atom stereocenters. The van der Waals surface area contributed by atoms with E-state index >= 15 is 0 Å². The summed E-state index contributed by atoms with van der Waals surface area (Å²) in [6, 6.07) is 8.73. The normalized spacial score (nSPS) is 18.3. The maximum Gasteiger partial charge on any atom is 0.0707 e. The lowest BCUT2D eigenvalue weighted by atomic mass is 9.77. The van der Waals surface area contributed by atoms with E-state index in [1.165, 1.54) is 42.2 Å². The van der Waals surface area contributed by atoms with Crippen molar-refractivity contribution in [3.63, 3.8) is 0 Å². The van der Waals surface area contributed by atoms with Crippen molar-refractivity contribution in [3.8, 4) is 0 Å². The lowest BCUT2D eigenvalue weighted by Crippen LogP contribution is -2.32. The third kappa shape index (κ3) is 1.72. The Kier molecular flexibility index (Phi) is 2.83. The molecule has 94 valence electrons. The fourth-order valence-electron chi connectivity index (χ4n) is 3.36. The summed E-state index contributed by atoms with van der Waals surface area (Å²) in [4.78, 5) is 4.50. The zero-order chi connectivity index (χ0) is 12.6. The van der Waals surface area contributed by atoms with Gasteiger partial charge >= 0.3 is 0 Å². The maximum atomic E-state index is 6.10. The van der Waals surface area contributed by atoms with Crippen molar-refractivity contribution in [3.05, 3.63) is 41.6 Å². The van der Waals surface area contributed by atoms with Gasteiger partial charge in [0.1, 0.15) is 0 Å². The van der Waals surface area contributed by atoms with E-state index in [1.54, 1.807) is 0 Å². The monoisotopic (exact) mass is 240 g/mol. The van der Waals surface area contributed by atoms with E-state index in [9.17, 15) is 0 Å². The molecule has 0 atom stereocenters. The smallest absolute Gasteiger partial charge is 0.0707 e. The summed E-state index contributed by atoms with van der Waals surface area (Å²) in [5, 5.41) is 1.29. The second kappa shape index (κ2) is 4.36. The van der Waals surface area contributed by atoms with E-state index in [4.69, 9.17) is 5.73 Å². The average molecular weight is 240 g/mol. The van der Waals surface area contributed by atoms with Crippen molar-refractivity contribution in [1.29, 1.82) is 0 Å². The van der Waals surface area contributed by atoms with Crippen molar-refractivity contribution in [1.82, 2.24) is 4.98 Å². The van der Waals surface area contributed by atoms with Crippen LogP contribution in [0.15, 0.2) is 30.5 Å². The molecule has 1 fully saturated rings. The molecule has 0 spiro atoms.